The van der Waals surface area contributed by atoms with Gasteiger partial charge in [0.05, 0.1) is 13.9 Å². The maximum absolute atomic E-state index is 12.3. The highest BCUT2D eigenvalue weighted by atomic mass is 79.9. The number of carbonyl (C=O) groups excluding carboxylic acids is 1. The number of hydrogen-bond acceptors (Lipinski definition) is 4. The molecule has 1 amide bonds. The van der Waals surface area contributed by atoms with E-state index in [4.69, 9.17) is 4.74 Å². The van der Waals surface area contributed by atoms with E-state index in [1.54, 1.807) is 12.1 Å². The summed E-state index contributed by atoms with van der Waals surface area (Å²) in [5, 5.41) is 13.8. The maximum atomic E-state index is 12.3. The molecular formula is C22H14Br2N2O4. The van der Waals surface area contributed by atoms with Crippen molar-refractivity contribution in [3.63, 3.8) is 0 Å². The van der Waals surface area contributed by atoms with Crippen LogP contribution in [0.4, 0.5) is 11.4 Å². The number of non-ortho nitro benzene ring substituents is 1. The summed E-state index contributed by atoms with van der Waals surface area (Å²) in [6.07, 6.45) is 1.82. The van der Waals surface area contributed by atoms with Gasteiger partial charge in [-0.25, -0.2) is 0 Å². The van der Waals surface area contributed by atoms with Gasteiger partial charge in [0.15, 0.2) is 0 Å². The number of nitro benzene ring substituents is 1. The first kappa shape index (κ1) is 20.3. The van der Waals surface area contributed by atoms with Crippen LogP contribution in [0.2, 0.25) is 0 Å². The van der Waals surface area contributed by atoms with Gasteiger partial charge in [0.2, 0.25) is 0 Å². The van der Waals surface area contributed by atoms with Gasteiger partial charge < -0.3 is 10.1 Å². The van der Waals surface area contributed by atoms with Gasteiger partial charge in [0.1, 0.15) is 12.4 Å². The summed E-state index contributed by atoms with van der Waals surface area (Å²) in [6, 6.07) is 17.6. The summed E-state index contributed by atoms with van der Waals surface area (Å²) in [4.78, 5) is 22.8. The number of nitro groups is 1. The molecule has 0 radical (unpaired) electrons. The fraction of sp³-hybridized carbons (Fsp3) is 0.0455. The minimum Gasteiger partial charge on any atom is -0.487 e. The number of carbonyl (C=O) groups is 1. The van der Waals surface area contributed by atoms with Gasteiger partial charge in [0.25, 0.3) is 11.6 Å². The molecule has 150 valence electrons. The van der Waals surface area contributed by atoms with E-state index in [2.05, 4.69) is 37.2 Å². The molecule has 30 heavy (non-hydrogen) atoms. The SMILES string of the molecule is O=C1Nc2ccccc2/C1=C/c1cc(Br)c(OCc2cccc([N+](=O)[O-])c2)c(Br)c1. The van der Waals surface area contributed by atoms with Crippen molar-refractivity contribution in [2.45, 2.75) is 6.61 Å². The number of benzene rings is 3. The van der Waals surface area contributed by atoms with Crippen molar-refractivity contribution in [3.05, 3.63) is 96.4 Å². The second-order valence-corrected chi connectivity index (χ2v) is 8.30. The average molecular weight is 530 g/mol. The zero-order valence-corrected chi connectivity index (χ0v) is 18.6. The molecule has 4 rings (SSSR count). The summed E-state index contributed by atoms with van der Waals surface area (Å²) < 4.78 is 7.26. The molecule has 0 saturated carbocycles. The van der Waals surface area contributed by atoms with Gasteiger partial charge in [-0.05, 0) is 67.3 Å². The van der Waals surface area contributed by atoms with Crippen LogP contribution < -0.4 is 10.1 Å². The number of ether oxygens (including phenoxy) is 1. The van der Waals surface area contributed by atoms with Crippen molar-refractivity contribution in [3.8, 4) is 5.75 Å². The third kappa shape index (κ3) is 4.15. The Morgan fingerprint density at radius 3 is 2.50 bits per heavy atom. The van der Waals surface area contributed by atoms with E-state index >= 15 is 0 Å². The van der Waals surface area contributed by atoms with Crippen molar-refractivity contribution in [2.24, 2.45) is 0 Å². The van der Waals surface area contributed by atoms with E-state index in [1.807, 2.05) is 42.5 Å². The number of nitrogens with zero attached hydrogens (tertiary/aromatic N) is 1. The fourth-order valence-corrected chi connectivity index (χ4v) is 4.62. The predicted molar refractivity (Wildman–Crippen MR) is 122 cm³/mol. The van der Waals surface area contributed by atoms with Crippen molar-refractivity contribution in [1.82, 2.24) is 0 Å². The molecule has 3 aromatic rings. The van der Waals surface area contributed by atoms with E-state index in [0.29, 0.717) is 25.8 Å². The van der Waals surface area contributed by atoms with Crippen molar-refractivity contribution >= 4 is 60.8 Å². The number of halogens is 2. The molecular weight excluding hydrogens is 516 g/mol. The van der Waals surface area contributed by atoms with Gasteiger partial charge in [-0.3, -0.25) is 14.9 Å². The van der Waals surface area contributed by atoms with Gasteiger partial charge in [-0.1, -0.05) is 30.3 Å². The molecule has 1 N–H and O–H groups in total. The lowest BCUT2D eigenvalue weighted by Crippen LogP contribution is -2.03. The third-order valence-electron chi connectivity index (χ3n) is 4.55. The Bertz CT molecular complexity index is 1180. The Labute approximate surface area is 189 Å². The van der Waals surface area contributed by atoms with Crippen LogP contribution in [0.1, 0.15) is 16.7 Å². The Morgan fingerprint density at radius 2 is 1.77 bits per heavy atom. The highest BCUT2D eigenvalue weighted by Gasteiger charge is 2.23. The Kier molecular flexibility index (Phi) is 5.69. The molecule has 0 unspecified atom stereocenters. The van der Waals surface area contributed by atoms with Crippen LogP contribution in [0, 0.1) is 10.1 Å². The molecule has 0 bridgehead atoms. The predicted octanol–water partition coefficient (Wildman–Crippen LogP) is 6.19. The normalized spacial score (nSPS) is 13.8. The Balaban J connectivity index is 1.58. The van der Waals surface area contributed by atoms with E-state index in [0.717, 1.165) is 16.8 Å². The molecule has 0 aromatic heterocycles. The topological polar surface area (TPSA) is 81.5 Å². The standard InChI is InChI=1S/C22H14Br2N2O4/c23-18-10-14(9-17-16-6-1-2-7-20(16)25-22(17)27)11-19(24)21(18)30-12-13-4-3-5-15(8-13)26(28)29/h1-11H,12H2,(H,25,27)/b17-9-. The number of hydrogen-bond donors (Lipinski definition) is 1. The Hall–Kier alpha value is -2.97. The van der Waals surface area contributed by atoms with Gasteiger partial charge >= 0.3 is 0 Å². The lowest BCUT2D eigenvalue weighted by Gasteiger charge is -2.12. The summed E-state index contributed by atoms with van der Waals surface area (Å²) in [7, 11) is 0. The van der Waals surface area contributed by atoms with E-state index < -0.39 is 4.92 Å². The fourth-order valence-electron chi connectivity index (χ4n) is 3.16. The monoisotopic (exact) mass is 528 g/mol. The van der Waals surface area contributed by atoms with Crippen LogP contribution in [0.25, 0.3) is 11.6 Å². The second-order valence-electron chi connectivity index (χ2n) is 6.59. The van der Waals surface area contributed by atoms with Gasteiger partial charge in [0, 0.05) is 29.0 Å². The summed E-state index contributed by atoms with van der Waals surface area (Å²) in [5.74, 6) is 0.425. The zero-order valence-electron chi connectivity index (χ0n) is 15.4. The number of anilines is 1. The van der Waals surface area contributed by atoms with Crippen LogP contribution >= 0.6 is 31.9 Å². The largest absolute Gasteiger partial charge is 0.487 e. The number of rotatable bonds is 5. The molecule has 1 aliphatic rings. The van der Waals surface area contributed by atoms with Crippen LogP contribution in [0.3, 0.4) is 0 Å². The highest BCUT2D eigenvalue weighted by molar-refractivity contribution is 9.11. The highest BCUT2D eigenvalue weighted by Crippen LogP contribution is 2.38. The summed E-state index contributed by atoms with van der Waals surface area (Å²) in [6.45, 7) is 0.176. The quantitative estimate of drug-likeness (QED) is 0.242. The van der Waals surface area contributed by atoms with E-state index in [-0.39, 0.29) is 18.2 Å². The molecule has 0 fully saturated rings. The first-order valence-corrected chi connectivity index (χ1v) is 10.5. The van der Waals surface area contributed by atoms with Crippen LogP contribution in [-0.2, 0) is 11.4 Å². The Morgan fingerprint density at radius 1 is 1.03 bits per heavy atom. The van der Waals surface area contributed by atoms with Crippen molar-refractivity contribution < 1.29 is 14.5 Å². The lowest BCUT2D eigenvalue weighted by atomic mass is 10.0. The maximum Gasteiger partial charge on any atom is 0.269 e. The molecule has 0 aliphatic carbocycles. The minimum atomic E-state index is -0.436. The third-order valence-corrected chi connectivity index (χ3v) is 5.72. The second kappa shape index (κ2) is 8.41. The van der Waals surface area contributed by atoms with Crippen LogP contribution in [-0.4, -0.2) is 10.8 Å². The van der Waals surface area contributed by atoms with Crippen molar-refractivity contribution in [2.75, 3.05) is 5.32 Å². The molecule has 3 aromatic carbocycles. The van der Waals surface area contributed by atoms with Gasteiger partial charge in [-0.2, -0.15) is 0 Å². The summed E-state index contributed by atoms with van der Waals surface area (Å²) in [5.41, 5.74) is 3.78. The van der Waals surface area contributed by atoms with E-state index in [1.165, 1.54) is 12.1 Å². The first-order valence-electron chi connectivity index (χ1n) is 8.90. The smallest absolute Gasteiger partial charge is 0.269 e. The average Bonchev–Trinajstić information content (AvgIpc) is 3.03. The lowest BCUT2D eigenvalue weighted by molar-refractivity contribution is -0.384. The number of nitrogens with one attached hydrogen (secondary N) is 1. The molecule has 1 aliphatic heterocycles. The summed E-state index contributed by atoms with van der Waals surface area (Å²) >= 11 is 7.02. The number of para-hydroxylation sites is 1. The van der Waals surface area contributed by atoms with Crippen LogP contribution in [0.5, 0.6) is 5.75 Å². The molecule has 1 heterocycles. The van der Waals surface area contributed by atoms with E-state index in [9.17, 15) is 14.9 Å². The number of fused-ring (bicyclic) bond motifs is 1. The minimum absolute atomic E-state index is 0.0197. The molecule has 6 nitrogen and oxygen atoms in total. The van der Waals surface area contributed by atoms with Gasteiger partial charge in [-0.15, -0.1) is 0 Å². The van der Waals surface area contributed by atoms with Crippen molar-refractivity contribution in [1.29, 1.82) is 0 Å². The zero-order chi connectivity index (χ0) is 21.3. The molecule has 0 atom stereocenters. The molecule has 0 saturated heterocycles. The first-order chi connectivity index (χ1) is 14.4. The molecule has 0 spiro atoms. The number of amides is 1. The van der Waals surface area contributed by atoms with Crippen LogP contribution in [0.15, 0.2) is 69.6 Å². The molecule has 8 heteroatoms.